The molecule has 8 rings (SSSR count). The second-order valence-corrected chi connectivity index (χ2v) is 17.3. The van der Waals surface area contributed by atoms with E-state index in [2.05, 4.69) is 93.3 Å². The van der Waals surface area contributed by atoms with Gasteiger partial charge in [0, 0.05) is 99.6 Å². The molecule has 15 heteroatoms. The second kappa shape index (κ2) is 16.3. The van der Waals surface area contributed by atoms with Gasteiger partial charge in [-0.2, -0.15) is 10.1 Å². The molecule has 284 valence electrons. The maximum atomic E-state index is 6.36. The lowest BCUT2D eigenvalue weighted by atomic mass is 9.94. The van der Waals surface area contributed by atoms with Crippen molar-refractivity contribution in [3.05, 3.63) is 65.7 Å². The molecule has 0 atom stereocenters. The van der Waals surface area contributed by atoms with Gasteiger partial charge < -0.3 is 30.1 Å². The number of nitrogens with zero attached hydrogens (tertiary/aromatic N) is 8. The first-order valence-corrected chi connectivity index (χ1v) is 21.7. The molecule has 5 aromatic rings. The predicted octanol–water partition coefficient (Wildman–Crippen LogP) is 6.52. The van der Waals surface area contributed by atoms with Crippen LogP contribution < -0.4 is 30.1 Å². The Balaban J connectivity index is 1.01. The molecule has 3 N–H and O–H groups in total. The maximum absolute atomic E-state index is 6.36. The Morgan fingerprint density at radius 3 is 2.44 bits per heavy atom. The van der Waals surface area contributed by atoms with Crippen LogP contribution in [0, 0.1) is 5.92 Å². The van der Waals surface area contributed by atoms with Crippen LogP contribution in [0.1, 0.15) is 12.8 Å². The number of halogens is 1. The summed E-state index contributed by atoms with van der Waals surface area (Å²) in [6.45, 7) is 14.1. The quantitative estimate of drug-likeness (QED) is 0.119. The topological polar surface area (TPSA) is 121 Å². The zero-order valence-corrected chi connectivity index (χ0v) is 33.9. The third-order valence-electron chi connectivity index (χ3n) is 10.7. The fourth-order valence-corrected chi connectivity index (χ4v) is 8.56. The third-order valence-corrected chi connectivity index (χ3v) is 11.9. The molecule has 6 heterocycles. The number of piperazine rings is 1. The van der Waals surface area contributed by atoms with Gasteiger partial charge in [0.25, 0.3) is 0 Å². The molecule has 13 nitrogen and oxygen atoms in total. The van der Waals surface area contributed by atoms with Crippen molar-refractivity contribution in [3.8, 4) is 22.6 Å². The summed E-state index contributed by atoms with van der Waals surface area (Å²) >= 11 is 3.65. The molecule has 3 aliphatic rings. The molecule has 3 fully saturated rings. The van der Waals surface area contributed by atoms with Crippen LogP contribution in [0.2, 0.25) is 0 Å². The SMILES string of the molecule is COc1cc(N2CCN(CC3CCN(C4CNC4)CC3)CC2)c(-c2cnn(C)c2)cc1Nc1ncc(Br)c(Nc2cnc3ccccc3c2OP(C)C)n1. The lowest BCUT2D eigenvalue weighted by molar-refractivity contribution is 0.0836. The molecule has 3 aliphatic heterocycles. The first kappa shape index (κ1) is 36.9. The van der Waals surface area contributed by atoms with Crippen LogP contribution >= 0.6 is 24.1 Å². The molecule has 54 heavy (non-hydrogen) atoms. The average molecular weight is 815 g/mol. The van der Waals surface area contributed by atoms with E-state index in [1.54, 1.807) is 19.5 Å². The number of methoxy groups -OCH3 is 1. The van der Waals surface area contributed by atoms with E-state index in [-0.39, 0.29) is 0 Å². The van der Waals surface area contributed by atoms with Crippen molar-refractivity contribution in [1.29, 1.82) is 0 Å². The van der Waals surface area contributed by atoms with Gasteiger partial charge in [0.15, 0.2) is 11.6 Å². The number of piperidine rings is 1. The lowest BCUT2D eigenvalue weighted by Gasteiger charge is -2.44. The lowest BCUT2D eigenvalue weighted by Crippen LogP contribution is -2.59. The molecular formula is C39H49BrN11O2P. The standard InChI is InChI=1S/C39H49BrN11O2P/c1-48-25-27(19-44-48)30-17-33(36(52-2)18-35(30)51-15-13-49(14-16-51)24-26-9-11-50(12-10-26)28-20-41-21-28)46-39-43-22-31(40)38(47-39)45-34-23-42-32-8-6-5-7-29(32)37(34)53-54(3)4/h5-8,17-19,22-23,25-26,28,41H,9-16,20-21,24H2,1-4H3,(H2,43,45,46,47). The van der Waals surface area contributed by atoms with E-state index in [9.17, 15) is 0 Å². The third kappa shape index (κ3) is 8.13. The summed E-state index contributed by atoms with van der Waals surface area (Å²) in [5.74, 6) is 3.24. The molecule has 0 unspecified atom stereocenters. The summed E-state index contributed by atoms with van der Waals surface area (Å²) in [4.78, 5) is 22.0. The van der Waals surface area contributed by atoms with Crippen molar-refractivity contribution in [3.63, 3.8) is 0 Å². The van der Waals surface area contributed by atoms with Gasteiger partial charge in [-0.25, -0.2) is 4.98 Å². The van der Waals surface area contributed by atoms with Gasteiger partial charge in [0.2, 0.25) is 5.95 Å². The van der Waals surface area contributed by atoms with E-state index in [0.29, 0.717) is 22.0 Å². The van der Waals surface area contributed by atoms with Crippen LogP contribution in [0.3, 0.4) is 0 Å². The van der Waals surface area contributed by atoms with E-state index >= 15 is 0 Å². The Morgan fingerprint density at radius 1 is 0.944 bits per heavy atom. The number of aryl methyl sites for hydroxylation is 1. The monoisotopic (exact) mass is 813 g/mol. The Morgan fingerprint density at radius 2 is 1.74 bits per heavy atom. The van der Waals surface area contributed by atoms with Gasteiger partial charge in [0.1, 0.15) is 11.4 Å². The molecule has 0 aliphatic carbocycles. The first-order valence-electron chi connectivity index (χ1n) is 18.7. The number of fused-ring (bicyclic) bond motifs is 1. The van der Waals surface area contributed by atoms with E-state index < -0.39 is 8.15 Å². The molecular weight excluding hydrogens is 765 g/mol. The van der Waals surface area contributed by atoms with Crippen LogP contribution in [0.4, 0.5) is 28.8 Å². The van der Waals surface area contributed by atoms with Gasteiger partial charge in [-0.1, -0.05) is 12.1 Å². The zero-order chi connectivity index (χ0) is 37.2. The summed E-state index contributed by atoms with van der Waals surface area (Å²) in [7, 11) is 2.97. The number of aromatic nitrogens is 5. The highest BCUT2D eigenvalue weighted by Crippen LogP contribution is 2.43. The minimum atomic E-state index is -0.684. The fraction of sp³-hybridized carbons (Fsp3) is 0.436. The number of rotatable bonds is 12. The van der Waals surface area contributed by atoms with Crippen molar-refractivity contribution in [1.82, 2.24) is 39.8 Å². The minimum absolute atomic E-state index is 0.414. The highest BCUT2D eigenvalue weighted by molar-refractivity contribution is 9.10. The van der Waals surface area contributed by atoms with Crippen molar-refractivity contribution < 1.29 is 9.26 Å². The van der Waals surface area contributed by atoms with E-state index in [4.69, 9.17) is 14.2 Å². The Kier molecular flexibility index (Phi) is 11.2. The summed E-state index contributed by atoms with van der Waals surface area (Å²) < 4.78 is 14.9. The molecule has 2 aromatic carbocycles. The first-order chi connectivity index (χ1) is 26.3. The molecule has 0 spiro atoms. The Hall–Kier alpha value is -4.07. The Labute approximate surface area is 326 Å². The van der Waals surface area contributed by atoms with Crippen LogP contribution in [0.25, 0.3) is 22.0 Å². The van der Waals surface area contributed by atoms with E-state index in [1.165, 1.54) is 32.5 Å². The molecule has 0 saturated carbocycles. The number of para-hydroxylation sites is 1. The smallest absolute Gasteiger partial charge is 0.229 e. The number of likely N-dealkylation sites (tertiary alicyclic amines) is 1. The number of benzene rings is 2. The Bertz CT molecular complexity index is 2080. The van der Waals surface area contributed by atoms with Crippen molar-refractivity contribution in [2.75, 3.05) is 94.9 Å². The van der Waals surface area contributed by atoms with E-state index in [0.717, 1.165) is 96.1 Å². The molecule has 0 radical (unpaired) electrons. The summed E-state index contributed by atoms with van der Waals surface area (Å²) in [6, 6.07) is 13.0. The molecule has 3 aromatic heterocycles. The number of anilines is 5. The number of ether oxygens (including phenoxy) is 1. The zero-order valence-electron chi connectivity index (χ0n) is 31.4. The molecule has 0 amide bonds. The normalized spacial score (nSPS) is 17.6. The van der Waals surface area contributed by atoms with Crippen LogP contribution in [-0.4, -0.2) is 120 Å². The number of nitrogens with one attached hydrogen (secondary N) is 3. The van der Waals surface area contributed by atoms with Gasteiger partial charge in [-0.15, -0.1) is 0 Å². The maximum Gasteiger partial charge on any atom is 0.229 e. The number of hydrogen-bond donors (Lipinski definition) is 3. The molecule has 0 bridgehead atoms. The van der Waals surface area contributed by atoms with Crippen molar-refractivity contribution in [2.24, 2.45) is 13.0 Å². The van der Waals surface area contributed by atoms with Crippen molar-refractivity contribution >= 4 is 63.8 Å². The van der Waals surface area contributed by atoms with Crippen LogP contribution in [0.15, 0.2) is 65.7 Å². The minimum Gasteiger partial charge on any atom is -0.494 e. The van der Waals surface area contributed by atoms with Crippen LogP contribution in [0.5, 0.6) is 11.5 Å². The molecule has 3 saturated heterocycles. The number of hydrogen-bond acceptors (Lipinski definition) is 12. The van der Waals surface area contributed by atoms with Gasteiger partial charge in [-0.3, -0.25) is 19.5 Å². The predicted molar refractivity (Wildman–Crippen MR) is 222 cm³/mol. The van der Waals surface area contributed by atoms with Gasteiger partial charge >= 0.3 is 0 Å². The average Bonchev–Trinajstić information content (AvgIpc) is 3.60. The highest BCUT2D eigenvalue weighted by Gasteiger charge is 2.30. The fourth-order valence-electron chi connectivity index (χ4n) is 7.71. The largest absolute Gasteiger partial charge is 0.494 e. The second-order valence-electron chi connectivity index (χ2n) is 14.6. The number of pyridine rings is 1. The summed E-state index contributed by atoms with van der Waals surface area (Å²) in [5, 5.41) is 15.8. The van der Waals surface area contributed by atoms with Crippen molar-refractivity contribution in [2.45, 2.75) is 18.9 Å². The van der Waals surface area contributed by atoms with Gasteiger partial charge in [0.05, 0.1) is 43.3 Å². The van der Waals surface area contributed by atoms with E-state index in [1.807, 2.05) is 42.2 Å². The van der Waals surface area contributed by atoms with Gasteiger partial charge in [-0.05, 0) is 79.3 Å². The summed E-state index contributed by atoms with van der Waals surface area (Å²) in [6.07, 6.45) is 10.1. The summed E-state index contributed by atoms with van der Waals surface area (Å²) in [5.41, 5.74) is 5.60. The highest BCUT2D eigenvalue weighted by atomic mass is 79.9. The van der Waals surface area contributed by atoms with Crippen LogP contribution in [-0.2, 0) is 7.05 Å².